The van der Waals surface area contributed by atoms with Crippen LogP contribution in [0, 0.1) is 0 Å². The zero-order chi connectivity index (χ0) is 41.3. The Bertz CT molecular complexity index is 2140. The predicted octanol–water partition coefficient (Wildman–Crippen LogP) is 6.48. The summed E-state index contributed by atoms with van der Waals surface area (Å²) in [6.45, 7) is -0.130. The molecule has 0 aromatic heterocycles. The van der Waals surface area contributed by atoms with E-state index in [0.29, 0.717) is 5.56 Å². The van der Waals surface area contributed by atoms with Crippen LogP contribution in [0.25, 0.3) is 0 Å². The average Bonchev–Trinajstić information content (AvgIpc) is 3.62. The van der Waals surface area contributed by atoms with Crippen molar-refractivity contribution >= 4 is 17.9 Å². The lowest BCUT2D eigenvalue weighted by molar-refractivity contribution is -0.381. The highest BCUT2D eigenvalue weighted by Crippen LogP contribution is 2.40. The van der Waals surface area contributed by atoms with Crippen molar-refractivity contribution < 1.29 is 61.8 Å². The van der Waals surface area contributed by atoms with E-state index in [4.69, 9.17) is 47.4 Å². The fourth-order valence-electron chi connectivity index (χ4n) is 7.32. The molecule has 3 heterocycles. The number of hydrogen-bond acceptors (Lipinski definition) is 13. The molecule has 13 nitrogen and oxygen atoms in total. The normalized spacial score (nSPS) is 27.3. The topological polar surface area (TPSA) is 144 Å². The number of benzene rings is 5. The second-order valence-corrected chi connectivity index (χ2v) is 14.3. The summed E-state index contributed by atoms with van der Waals surface area (Å²) in [6.07, 6.45) is -10.6. The lowest BCUT2D eigenvalue weighted by atomic mass is 9.97. The van der Waals surface area contributed by atoms with Crippen LogP contribution in [0.4, 0.5) is 0 Å². The molecule has 0 unspecified atom stereocenters. The maximum Gasteiger partial charge on any atom is 0.338 e. The smallest absolute Gasteiger partial charge is 0.338 e. The summed E-state index contributed by atoms with van der Waals surface area (Å²) in [4.78, 5) is 40.9. The number of hydrogen-bond donors (Lipinski definition) is 0. The Hall–Kier alpha value is -5.77. The lowest BCUT2D eigenvalue weighted by Gasteiger charge is -2.49. The quantitative estimate of drug-likeness (QED) is 0.0893. The number of ether oxygens (including phenoxy) is 10. The minimum atomic E-state index is -1.43. The minimum Gasteiger partial charge on any atom is -0.459 e. The molecule has 5 aromatic rings. The summed E-state index contributed by atoms with van der Waals surface area (Å²) >= 11 is 0. The molecule has 3 aliphatic heterocycles. The van der Waals surface area contributed by atoms with E-state index in [1.54, 1.807) is 91.0 Å². The largest absolute Gasteiger partial charge is 0.459 e. The van der Waals surface area contributed by atoms with Crippen molar-refractivity contribution in [3.8, 4) is 0 Å². The van der Waals surface area contributed by atoms with Crippen molar-refractivity contribution in [2.24, 2.45) is 0 Å². The van der Waals surface area contributed by atoms with E-state index in [0.717, 1.165) is 11.1 Å². The summed E-state index contributed by atoms with van der Waals surface area (Å²) in [5.41, 5.74) is 2.42. The van der Waals surface area contributed by atoms with Gasteiger partial charge in [-0.15, -0.1) is 0 Å². The van der Waals surface area contributed by atoms with Crippen LogP contribution >= 0.6 is 0 Å². The first-order valence-electron chi connectivity index (χ1n) is 19.7. The van der Waals surface area contributed by atoms with Gasteiger partial charge in [-0.3, -0.25) is 0 Å². The SMILES string of the molecule is CO[C@H]1O[C@@H]2CO[C@@H](c3ccccc3)O[C@H]2[C@H](O[C@H]2O[C@H](COC(=O)c3ccccc3)[C@@H](OC(=O)c3ccccc3)[C@@H]2OC(=O)c2ccccc2)[C@H]1OCc1ccccc1. The summed E-state index contributed by atoms with van der Waals surface area (Å²) < 4.78 is 63.1. The van der Waals surface area contributed by atoms with E-state index >= 15 is 0 Å². The molecular formula is C47H44O13. The van der Waals surface area contributed by atoms with Crippen LogP contribution in [-0.4, -0.2) is 93.5 Å². The molecule has 10 atom stereocenters. The van der Waals surface area contributed by atoms with Crippen LogP contribution in [-0.2, 0) is 54.0 Å². The fraction of sp³-hybridized carbons (Fsp3) is 0.298. The Morgan fingerprint density at radius 2 is 1.10 bits per heavy atom. The Morgan fingerprint density at radius 3 is 1.68 bits per heavy atom. The zero-order valence-corrected chi connectivity index (χ0v) is 32.6. The van der Waals surface area contributed by atoms with Gasteiger partial charge in [0.2, 0.25) is 0 Å². The first-order valence-corrected chi connectivity index (χ1v) is 19.7. The number of carbonyl (C=O) groups excluding carboxylic acids is 3. The molecule has 0 radical (unpaired) electrons. The highest BCUT2D eigenvalue weighted by atomic mass is 16.8. The third kappa shape index (κ3) is 9.64. The Labute approximate surface area is 346 Å². The minimum absolute atomic E-state index is 0.114. The summed E-state index contributed by atoms with van der Waals surface area (Å²) in [5.74, 6) is -2.09. The number of carbonyl (C=O) groups is 3. The van der Waals surface area contributed by atoms with E-state index in [9.17, 15) is 14.4 Å². The van der Waals surface area contributed by atoms with Crippen molar-refractivity contribution in [3.63, 3.8) is 0 Å². The van der Waals surface area contributed by atoms with Gasteiger partial charge in [-0.25, -0.2) is 14.4 Å². The Balaban J connectivity index is 1.15. The van der Waals surface area contributed by atoms with Gasteiger partial charge in [-0.1, -0.05) is 115 Å². The van der Waals surface area contributed by atoms with E-state index < -0.39 is 86.1 Å². The number of methoxy groups -OCH3 is 1. The second-order valence-electron chi connectivity index (χ2n) is 14.3. The second kappa shape index (κ2) is 19.5. The van der Waals surface area contributed by atoms with Gasteiger partial charge in [-0.05, 0) is 42.0 Å². The van der Waals surface area contributed by atoms with Crippen LogP contribution in [0.15, 0.2) is 152 Å². The molecule has 3 fully saturated rings. The van der Waals surface area contributed by atoms with E-state index in [2.05, 4.69) is 0 Å². The maximum absolute atomic E-state index is 13.9. The lowest BCUT2D eigenvalue weighted by Crippen LogP contribution is -2.64. The van der Waals surface area contributed by atoms with Crippen LogP contribution < -0.4 is 0 Å². The van der Waals surface area contributed by atoms with Gasteiger partial charge in [-0.2, -0.15) is 0 Å². The first kappa shape index (κ1) is 41.0. The Morgan fingerprint density at radius 1 is 0.567 bits per heavy atom. The molecule has 310 valence electrons. The molecule has 0 N–H and O–H groups in total. The van der Waals surface area contributed by atoms with Crippen molar-refractivity contribution in [2.75, 3.05) is 20.3 Å². The van der Waals surface area contributed by atoms with Crippen LogP contribution in [0.5, 0.6) is 0 Å². The monoisotopic (exact) mass is 816 g/mol. The highest BCUT2D eigenvalue weighted by Gasteiger charge is 2.57. The number of fused-ring (bicyclic) bond motifs is 1. The summed E-state index contributed by atoms with van der Waals surface area (Å²) in [6, 6.07) is 44.1. The van der Waals surface area contributed by atoms with E-state index in [1.807, 2.05) is 60.7 Å². The highest BCUT2D eigenvalue weighted by molar-refractivity contribution is 5.91. The third-order valence-corrected chi connectivity index (χ3v) is 10.3. The van der Waals surface area contributed by atoms with Gasteiger partial charge < -0.3 is 47.4 Å². The Kier molecular flexibility index (Phi) is 13.3. The van der Waals surface area contributed by atoms with Gasteiger partial charge >= 0.3 is 17.9 Å². The van der Waals surface area contributed by atoms with Crippen molar-refractivity contribution in [2.45, 2.75) is 68.2 Å². The molecule has 60 heavy (non-hydrogen) atoms. The molecule has 5 aromatic carbocycles. The van der Waals surface area contributed by atoms with Crippen molar-refractivity contribution in [1.29, 1.82) is 0 Å². The molecule has 3 aliphatic rings. The van der Waals surface area contributed by atoms with Gasteiger partial charge in [0, 0.05) is 12.7 Å². The summed E-state index contributed by atoms with van der Waals surface area (Å²) in [5, 5.41) is 0. The standard InChI is InChI=1S/C47H44O13/c1-51-46-40(52-27-30-17-7-2-8-18-30)39(37-36(55-46)29-54-45(59-37)34-25-15-6-16-26-34)60-47-41(58-44(50)33-23-13-5-14-24-33)38(57-43(49)32-21-11-4-12-22-32)35(56-47)28-53-42(48)31-19-9-3-10-20-31/h2-26,35-41,45-47H,27-29H2,1H3/t35-,36-,37-,38-,39+,40-,41+,45-,46+,47-/m1/s1. The van der Waals surface area contributed by atoms with Gasteiger partial charge in [0.1, 0.15) is 37.1 Å². The van der Waals surface area contributed by atoms with Crippen molar-refractivity contribution in [3.05, 3.63) is 179 Å². The molecule has 13 heteroatoms. The average molecular weight is 817 g/mol. The molecule has 0 saturated carbocycles. The number of esters is 3. The molecule has 3 saturated heterocycles. The zero-order valence-electron chi connectivity index (χ0n) is 32.6. The molecule has 0 amide bonds. The van der Waals surface area contributed by atoms with Gasteiger partial charge in [0.15, 0.2) is 31.1 Å². The van der Waals surface area contributed by atoms with Crippen molar-refractivity contribution in [1.82, 2.24) is 0 Å². The van der Waals surface area contributed by atoms with E-state index in [1.165, 1.54) is 7.11 Å². The van der Waals surface area contributed by atoms with Crippen LogP contribution in [0.1, 0.15) is 48.5 Å². The molecular weight excluding hydrogens is 773 g/mol. The van der Waals surface area contributed by atoms with Crippen LogP contribution in [0.2, 0.25) is 0 Å². The third-order valence-electron chi connectivity index (χ3n) is 10.3. The molecule has 0 spiro atoms. The number of rotatable bonds is 14. The molecule has 0 aliphatic carbocycles. The van der Waals surface area contributed by atoms with Gasteiger partial charge in [0.05, 0.1) is 29.9 Å². The fourth-order valence-corrected chi connectivity index (χ4v) is 7.32. The molecule has 0 bridgehead atoms. The molecule has 8 rings (SSSR count). The van der Waals surface area contributed by atoms with Gasteiger partial charge in [0.25, 0.3) is 0 Å². The predicted molar refractivity (Wildman–Crippen MR) is 212 cm³/mol. The van der Waals surface area contributed by atoms with Crippen LogP contribution in [0.3, 0.4) is 0 Å². The summed E-state index contributed by atoms with van der Waals surface area (Å²) in [7, 11) is 1.49. The van der Waals surface area contributed by atoms with E-state index in [-0.39, 0.29) is 24.3 Å². The first-order chi connectivity index (χ1) is 29.4. The maximum atomic E-state index is 13.9.